The van der Waals surface area contributed by atoms with Gasteiger partial charge in [-0.2, -0.15) is 0 Å². The number of pyridine rings is 1. The number of β-lactam (4-membered cyclic amide) rings is 1. The van der Waals surface area contributed by atoms with Crippen molar-refractivity contribution in [2.24, 2.45) is 5.73 Å². The zero-order valence-electron chi connectivity index (χ0n) is 10.5. The van der Waals surface area contributed by atoms with Gasteiger partial charge in [0.1, 0.15) is 17.1 Å². The van der Waals surface area contributed by atoms with Crippen LogP contribution in [0.3, 0.4) is 0 Å². The van der Waals surface area contributed by atoms with E-state index >= 15 is 0 Å². The first kappa shape index (κ1) is 13.1. The second-order valence-electron chi connectivity index (χ2n) is 4.69. The maximum Gasteiger partial charge on any atom is 0.352 e. The molecule has 1 aromatic heterocycles. The number of carbonyl (C=O) groups is 2. The van der Waals surface area contributed by atoms with Gasteiger partial charge in [0.05, 0.1) is 0 Å². The van der Waals surface area contributed by atoms with Crippen molar-refractivity contribution in [1.82, 2.24) is 9.88 Å². The molecule has 0 aromatic carbocycles. The molecule has 7 heteroatoms. The zero-order chi connectivity index (χ0) is 14.3. The van der Waals surface area contributed by atoms with Gasteiger partial charge in [-0.15, -0.1) is 11.8 Å². The van der Waals surface area contributed by atoms with Crippen molar-refractivity contribution in [2.45, 2.75) is 17.8 Å². The minimum Gasteiger partial charge on any atom is -0.477 e. The molecule has 2 aliphatic heterocycles. The summed E-state index contributed by atoms with van der Waals surface area (Å²) < 4.78 is 0. The van der Waals surface area contributed by atoms with E-state index in [-0.39, 0.29) is 17.0 Å². The lowest BCUT2D eigenvalue weighted by Crippen LogP contribution is -2.68. The summed E-state index contributed by atoms with van der Waals surface area (Å²) in [5, 5.41) is 9.14. The van der Waals surface area contributed by atoms with Gasteiger partial charge in [0, 0.05) is 24.1 Å². The monoisotopic (exact) mass is 291 g/mol. The standard InChI is InChI=1S/C13H13N3O3S/c14-9-11(17)16-10(13(18)19)7(6-20-12(9)16)5-8-3-1-2-4-15-8/h1-4,9,12H,5-6,14H2,(H,18,19)/t9?,12-/m0/s1. The molecule has 3 N–H and O–H groups in total. The molecule has 0 spiro atoms. The Morgan fingerprint density at radius 3 is 3.00 bits per heavy atom. The summed E-state index contributed by atoms with van der Waals surface area (Å²) in [6, 6.07) is 4.91. The highest BCUT2D eigenvalue weighted by atomic mass is 32.2. The fourth-order valence-electron chi connectivity index (χ4n) is 2.44. The summed E-state index contributed by atoms with van der Waals surface area (Å²) >= 11 is 1.50. The van der Waals surface area contributed by atoms with Gasteiger partial charge in [-0.05, 0) is 17.7 Å². The lowest BCUT2D eigenvalue weighted by atomic mass is 10.0. The average Bonchev–Trinajstić information content (AvgIpc) is 2.46. The summed E-state index contributed by atoms with van der Waals surface area (Å²) in [4.78, 5) is 28.8. The van der Waals surface area contributed by atoms with Crippen LogP contribution in [-0.4, -0.2) is 44.0 Å². The molecule has 1 aromatic rings. The minimum atomic E-state index is -1.08. The van der Waals surface area contributed by atoms with Gasteiger partial charge in [-0.1, -0.05) is 6.07 Å². The third-order valence-electron chi connectivity index (χ3n) is 3.41. The predicted molar refractivity (Wildman–Crippen MR) is 73.7 cm³/mol. The first-order valence-corrected chi connectivity index (χ1v) is 7.20. The molecule has 0 aliphatic carbocycles. The van der Waals surface area contributed by atoms with Crippen molar-refractivity contribution in [3.63, 3.8) is 0 Å². The molecular weight excluding hydrogens is 278 g/mol. The van der Waals surface area contributed by atoms with Crippen LogP contribution >= 0.6 is 11.8 Å². The van der Waals surface area contributed by atoms with Crippen LogP contribution in [-0.2, 0) is 16.0 Å². The number of carboxylic acids is 1. The van der Waals surface area contributed by atoms with Crippen LogP contribution in [0, 0.1) is 0 Å². The van der Waals surface area contributed by atoms with Crippen molar-refractivity contribution < 1.29 is 14.7 Å². The van der Waals surface area contributed by atoms with E-state index in [2.05, 4.69) is 4.98 Å². The molecule has 2 aliphatic rings. The molecule has 0 saturated carbocycles. The van der Waals surface area contributed by atoms with Gasteiger partial charge in [0.2, 0.25) is 5.91 Å². The Bertz CT molecular complexity index is 602. The summed E-state index contributed by atoms with van der Waals surface area (Å²) in [6.45, 7) is 0. The molecule has 3 rings (SSSR count). The number of amides is 1. The van der Waals surface area contributed by atoms with Crippen molar-refractivity contribution in [1.29, 1.82) is 0 Å². The lowest BCUT2D eigenvalue weighted by molar-refractivity contribution is -0.148. The third-order valence-corrected chi connectivity index (χ3v) is 4.77. The van der Waals surface area contributed by atoms with Crippen LogP contribution in [0.15, 0.2) is 35.7 Å². The third kappa shape index (κ3) is 1.99. The fourth-order valence-corrected chi connectivity index (χ4v) is 3.73. The summed E-state index contributed by atoms with van der Waals surface area (Å²) in [7, 11) is 0. The molecule has 104 valence electrons. The average molecular weight is 291 g/mol. The lowest BCUT2D eigenvalue weighted by Gasteiger charge is -2.48. The van der Waals surface area contributed by atoms with Crippen LogP contribution < -0.4 is 5.73 Å². The number of carboxylic acid groups (broad SMARTS) is 1. The highest BCUT2D eigenvalue weighted by Gasteiger charge is 2.51. The molecular formula is C13H13N3O3S. The van der Waals surface area contributed by atoms with E-state index in [1.807, 2.05) is 12.1 Å². The molecule has 2 atom stereocenters. The topological polar surface area (TPSA) is 96.5 Å². The molecule has 1 fully saturated rings. The first-order chi connectivity index (χ1) is 9.59. The van der Waals surface area contributed by atoms with E-state index < -0.39 is 12.0 Å². The maximum atomic E-state index is 11.8. The van der Waals surface area contributed by atoms with Gasteiger partial charge in [0.25, 0.3) is 0 Å². The van der Waals surface area contributed by atoms with E-state index in [1.54, 1.807) is 12.3 Å². The Morgan fingerprint density at radius 1 is 1.55 bits per heavy atom. The van der Waals surface area contributed by atoms with Crippen molar-refractivity contribution in [3.8, 4) is 0 Å². The van der Waals surface area contributed by atoms with E-state index in [0.717, 1.165) is 5.69 Å². The minimum absolute atomic E-state index is 0.0751. The zero-order valence-corrected chi connectivity index (χ0v) is 11.3. The number of hydrogen-bond donors (Lipinski definition) is 2. The molecule has 20 heavy (non-hydrogen) atoms. The molecule has 0 radical (unpaired) electrons. The molecule has 3 heterocycles. The second kappa shape index (κ2) is 4.92. The molecule has 0 bridgehead atoms. The van der Waals surface area contributed by atoms with Crippen LogP contribution in [0.4, 0.5) is 0 Å². The summed E-state index contributed by atoms with van der Waals surface area (Å²) in [5.74, 6) is -0.847. The SMILES string of the molecule is NC1C(=O)N2C(C(=O)O)=C(Cc3ccccn3)CS[C@@H]12. The van der Waals surface area contributed by atoms with E-state index in [4.69, 9.17) is 5.73 Å². The van der Waals surface area contributed by atoms with Crippen LogP contribution in [0.25, 0.3) is 0 Å². The summed E-state index contributed by atoms with van der Waals surface area (Å²) in [5.41, 5.74) is 7.27. The Labute approximate surface area is 119 Å². The fraction of sp³-hybridized carbons (Fsp3) is 0.308. The normalized spacial score (nSPS) is 25.2. The Hall–Kier alpha value is -1.86. The smallest absolute Gasteiger partial charge is 0.352 e. The number of hydrogen-bond acceptors (Lipinski definition) is 5. The Balaban J connectivity index is 1.94. The summed E-state index contributed by atoms with van der Waals surface area (Å²) in [6.07, 6.45) is 2.10. The number of thioether (sulfide) groups is 1. The molecule has 1 unspecified atom stereocenters. The van der Waals surface area contributed by atoms with Gasteiger partial charge in [-0.3, -0.25) is 14.7 Å². The van der Waals surface area contributed by atoms with Gasteiger partial charge >= 0.3 is 5.97 Å². The molecule has 1 saturated heterocycles. The van der Waals surface area contributed by atoms with Gasteiger partial charge in [-0.25, -0.2) is 4.79 Å². The Morgan fingerprint density at radius 2 is 2.35 bits per heavy atom. The van der Waals surface area contributed by atoms with E-state index in [1.165, 1.54) is 16.7 Å². The molecule has 6 nitrogen and oxygen atoms in total. The Kier molecular flexibility index (Phi) is 3.23. The van der Waals surface area contributed by atoms with E-state index in [9.17, 15) is 14.7 Å². The number of carbonyl (C=O) groups excluding carboxylic acids is 1. The highest BCUT2D eigenvalue weighted by Crippen LogP contribution is 2.40. The van der Waals surface area contributed by atoms with Crippen molar-refractivity contribution in [2.75, 3.05) is 5.75 Å². The second-order valence-corrected chi connectivity index (χ2v) is 5.80. The largest absolute Gasteiger partial charge is 0.477 e. The van der Waals surface area contributed by atoms with Crippen LogP contribution in [0.1, 0.15) is 5.69 Å². The number of nitrogens with zero attached hydrogens (tertiary/aromatic N) is 2. The van der Waals surface area contributed by atoms with Crippen molar-refractivity contribution >= 4 is 23.6 Å². The number of rotatable bonds is 3. The predicted octanol–water partition coefficient (Wildman–Crippen LogP) is 0.205. The van der Waals surface area contributed by atoms with Crippen molar-refractivity contribution in [3.05, 3.63) is 41.4 Å². The van der Waals surface area contributed by atoms with Crippen LogP contribution in [0.5, 0.6) is 0 Å². The number of fused-ring (bicyclic) bond motifs is 1. The van der Waals surface area contributed by atoms with Gasteiger partial charge in [0.15, 0.2) is 0 Å². The molecule has 1 amide bonds. The maximum absolute atomic E-state index is 11.8. The van der Waals surface area contributed by atoms with Gasteiger partial charge < -0.3 is 10.8 Å². The first-order valence-electron chi connectivity index (χ1n) is 6.15. The number of nitrogens with two attached hydrogens (primary N) is 1. The van der Waals surface area contributed by atoms with E-state index in [0.29, 0.717) is 17.7 Å². The quantitative estimate of drug-likeness (QED) is 0.773. The highest BCUT2D eigenvalue weighted by molar-refractivity contribution is 8.00. The number of aromatic nitrogens is 1. The van der Waals surface area contributed by atoms with Crippen LogP contribution in [0.2, 0.25) is 0 Å². The number of aliphatic carboxylic acids is 1.